The van der Waals surface area contributed by atoms with E-state index in [-0.39, 0.29) is 44.3 Å². The van der Waals surface area contributed by atoms with Crippen LogP contribution in [0.1, 0.15) is 71.9 Å². The van der Waals surface area contributed by atoms with Gasteiger partial charge in [-0.25, -0.2) is 17.5 Å². The molecular weight excluding hydrogens is 697 g/mol. The van der Waals surface area contributed by atoms with Crippen LogP contribution in [0.25, 0.3) is 0 Å². The third-order valence-corrected chi connectivity index (χ3v) is 12.4. The summed E-state index contributed by atoms with van der Waals surface area (Å²) in [6.45, 7) is 15.1. The Bertz CT molecular complexity index is 1720. The van der Waals surface area contributed by atoms with E-state index in [0.717, 1.165) is 23.1 Å². The van der Waals surface area contributed by atoms with Gasteiger partial charge in [-0.3, -0.25) is 19.2 Å². The molecule has 5 atom stereocenters. The zero-order chi connectivity index (χ0) is 39.1. The van der Waals surface area contributed by atoms with E-state index in [4.69, 9.17) is 0 Å². The SMILES string of the molecule is C=CCNC(=O)C(=O)C(CCCC)NC(=O)[C@@H]1[C@H]2C=C=C2CN1C(=O)[C@@H](NC(=O)N[C@H](CN(CC)S(=O)(=O)CC)C(C)(C)C)C1Cc2ccccc2C1. The second kappa shape index (κ2) is 17.7. The number of benzene rings is 1. The van der Waals surface area contributed by atoms with Crippen molar-refractivity contribution in [2.45, 2.75) is 97.8 Å². The summed E-state index contributed by atoms with van der Waals surface area (Å²) in [7, 11) is -3.54. The van der Waals surface area contributed by atoms with Gasteiger partial charge >= 0.3 is 6.03 Å². The number of hydrogen-bond donors (Lipinski definition) is 4. The molecule has 5 amide bonds. The maximum absolute atomic E-state index is 14.8. The molecule has 1 aliphatic heterocycles. The molecule has 1 fully saturated rings. The highest BCUT2D eigenvalue weighted by atomic mass is 32.2. The third kappa shape index (κ3) is 9.84. The van der Waals surface area contributed by atoms with Crippen LogP contribution in [-0.2, 0) is 42.0 Å². The normalized spacial score (nSPS) is 19.6. The van der Waals surface area contributed by atoms with Gasteiger partial charge in [0.15, 0.2) is 0 Å². The number of likely N-dealkylation sites (tertiary alicyclic amines) is 1. The van der Waals surface area contributed by atoms with E-state index in [2.05, 4.69) is 33.6 Å². The average molecular weight is 753 g/mol. The smallest absolute Gasteiger partial charge is 0.315 e. The maximum Gasteiger partial charge on any atom is 0.315 e. The van der Waals surface area contributed by atoms with Crippen molar-refractivity contribution >= 4 is 39.6 Å². The first-order valence-corrected chi connectivity index (χ1v) is 20.3. The number of unbranched alkanes of at least 4 members (excludes halogenated alkanes) is 1. The van der Waals surface area contributed by atoms with Gasteiger partial charge in [0, 0.05) is 37.2 Å². The molecule has 3 aliphatic rings. The molecule has 2 aliphatic carbocycles. The minimum absolute atomic E-state index is 0.0521. The summed E-state index contributed by atoms with van der Waals surface area (Å²) in [6.07, 6.45) is 5.81. The number of carbonyl (C=O) groups excluding carboxylic acids is 5. The summed E-state index contributed by atoms with van der Waals surface area (Å²) in [6, 6.07) is 3.50. The summed E-state index contributed by atoms with van der Waals surface area (Å²) < 4.78 is 27.0. The van der Waals surface area contributed by atoms with Gasteiger partial charge in [0.25, 0.3) is 5.91 Å². The highest BCUT2D eigenvalue weighted by Crippen LogP contribution is 2.37. The Labute approximate surface area is 314 Å². The molecule has 1 aromatic rings. The lowest BCUT2D eigenvalue weighted by atomic mass is 9.86. The summed E-state index contributed by atoms with van der Waals surface area (Å²) in [5.74, 6) is -3.44. The summed E-state index contributed by atoms with van der Waals surface area (Å²) in [4.78, 5) is 70.0. The number of hydrogen-bond acceptors (Lipinski definition) is 7. The highest BCUT2D eigenvalue weighted by molar-refractivity contribution is 7.89. The summed E-state index contributed by atoms with van der Waals surface area (Å²) >= 11 is 0. The Morgan fingerprint density at radius 2 is 1.70 bits per heavy atom. The third-order valence-electron chi connectivity index (χ3n) is 10.5. The van der Waals surface area contributed by atoms with Gasteiger partial charge in [-0.2, -0.15) is 0 Å². The molecule has 0 bridgehead atoms. The van der Waals surface area contributed by atoms with Gasteiger partial charge in [0.05, 0.1) is 18.3 Å². The molecule has 4 N–H and O–H groups in total. The van der Waals surface area contributed by atoms with Crippen molar-refractivity contribution in [3.05, 3.63) is 65.4 Å². The van der Waals surface area contributed by atoms with Crippen LogP contribution in [0.5, 0.6) is 0 Å². The standard InChI is InChI=1S/C39H56N6O7S/c1-8-12-17-30(34(46)36(48)40-20-9-2)41-35(47)33-29-19-18-27(29)23-45(33)37(49)32(28-21-25-15-13-14-16-26(25)22-28)43-38(50)42-31(39(5,6)7)24-44(10-3)53(51,52)11-4/h9,13-16,19,28-33H,2,8,10-12,17,20-24H2,1,3-7H3,(H,40,48)(H,41,47)(H2,42,43,50)/t29-,30?,31+,32-,33-/m0/s1. The number of sulfonamides is 1. The topological polar surface area (TPSA) is 174 Å². The van der Waals surface area contributed by atoms with Crippen LogP contribution < -0.4 is 21.3 Å². The number of fused-ring (bicyclic) bond motifs is 2. The molecule has 14 heteroatoms. The predicted octanol–water partition coefficient (Wildman–Crippen LogP) is 2.62. The Kier molecular flexibility index (Phi) is 13.9. The lowest BCUT2D eigenvalue weighted by Gasteiger charge is -2.36. The maximum atomic E-state index is 14.8. The number of ketones is 1. The van der Waals surface area contributed by atoms with Crippen molar-refractivity contribution in [3.8, 4) is 0 Å². The van der Waals surface area contributed by atoms with Crippen molar-refractivity contribution in [1.82, 2.24) is 30.5 Å². The average Bonchev–Trinajstić information content (AvgIpc) is 3.66. The van der Waals surface area contributed by atoms with Gasteiger partial charge in [-0.15, -0.1) is 12.3 Å². The molecule has 0 radical (unpaired) electrons. The number of nitrogens with one attached hydrogen (secondary N) is 4. The van der Waals surface area contributed by atoms with Crippen molar-refractivity contribution in [2.24, 2.45) is 17.3 Å². The highest BCUT2D eigenvalue weighted by Gasteiger charge is 2.50. The van der Waals surface area contributed by atoms with Crippen LogP contribution in [-0.4, -0.2) is 103 Å². The van der Waals surface area contributed by atoms with E-state index >= 15 is 0 Å². The summed E-state index contributed by atoms with van der Waals surface area (Å²) in [5, 5.41) is 11.2. The monoisotopic (exact) mass is 752 g/mol. The number of nitrogens with zero attached hydrogens (tertiary/aromatic N) is 2. The number of urea groups is 1. The van der Waals surface area contributed by atoms with Crippen LogP contribution in [0, 0.1) is 17.3 Å². The Morgan fingerprint density at radius 1 is 1.04 bits per heavy atom. The zero-order valence-corrected chi connectivity index (χ0v) is 32.7. The van der Waals surface area contributed by atoms with Gasteiger partial charge in [0.1, 0.15) is 12.1 Å². The van der Waals surface area contributed by atoms with Crippen molar-refractivity contribution in [1.29, 1.82) is 0 Å². The first kappa shape index (κ1) is 41.5. The molecule has 290 valence electrons. The second-order valence-electron chi connectivity index (χ2n) is 15.1. The zero-order valence-electron chi connectivity index (χ0n) is 31.9. The van der Waals surface area contributed by atoms with Crippen molar-refractivity contribution in [2.75, 3.05) is 31.9 Å². The van der Waals surface area contributed by atoms with Crippen LogP contribution >= 0.6 is 0 Å². The van der Waals surface area contributed by atoms with Gasteiger partial charge in [-0.1, -0.05) is 77.8 Å². The second-order valence-corrected chi connectivity index (χ2v) is 17.4. The van der Waals surface area contributed by atoms with E-state index in [9.17, 15) is 32.4 Å². The quantitative estimate of drug-likeness (QED) is 0.101. The minimum Gasteiger partial charge on any atom is -0.346 e. The first-order chi connectivity index (χ1) is 25.1. The molecule has 1 saturated heterocycles. The lowest BCUT2D eigenvalue weighted by Crippen LogP contribution is -2.61. The van der Waals surface area contributed by atoms with E-state index < -0.39 is 75.1 Å². The van der Waals surface area contributed by atoms with E-state index in [1.165, 1.54) is 15.3 Å². The van der Waals surface area contributed by atoms with E-state index in [0.29, 0.717) is 19.3 Å². The van der Waals surface area contributed by atoms with E-state index in [1.807, 2.05) is 52.0 Å². The largest absolute Gasteiger partial charge is 0.346 e. The van der Waals surface area contributed by atoms with E-state index in [1.54, 1.807) is 19.9 Å². The van der Waals surface area contributed by atoms with Gasteiger partial charge in [0.2, 0.25) is 27.6 Å². The fourth-order valence-corrected chi connectivity index (χ4v) is 8.30. The van der Waals surface area contributed by atoms with Gasteiger partial charge in [-0.05, 0) is 54.7 Å². The fraction of sp³-hybridized carbons (Fsp3) is 0.590. The van der Waals surface area contributed by atoms with Crippen LogP contribution in [0.2, 0.25) is 0 Å². The molecular formula is C39H56N6O7S. The molecule has 0 aromatic heterocycles. The molecule has 4 rings (SSSR count). The fourth-order valence-electron chi connectivity index (χ4n) is 7.16. The lowest BCUT2D eigenvalue weighted by molar-refractivity contribution is -0.143. The number of amides is 5. The Balaban J connectivity index is 1.61. The molecule has 53 heavy (non-hydrogen) atoms. The molecule has 0 spiro atoms. The number of Topliss-reactive ketones (excluding diaryl/α,β-unsaturated/α-hetero) is 1. The Hall–Kier alpha value is -4.26. The van der Waals surface area contributed by atoms with Crippen LogP contribution in [0.4, 0.5) is 4.79 Å². The van der Waals surface area contributed by atoms with Gasteiger partial charge < -0.3 is 26.2 Å². The summed E-state index contributed by atoms with van der Waals surface area (Å²) in [5.41, 5.74) is 5.46. The molecule has 0 saturated carbocycles. The molecule has 1 aromatic carbocycles. The predicted molar refractivity (Wildman–Crippen MR) is 203 cm³/mol. The van der Waals surface area contributed by atoms with Crippen LogP contribution in [0.15, 0.2) is 54.3 Å². The van der Waals surface area contributed by atoms with Crippen LogP contribution in [0.3, 0.4) is 0 Å². The number of likely N-dealkylation sites (N-methyl/N-ethyl adjacent to an activating group) is 1. The minimum atomic E-state index is -3.54. The molecule has 1 heterocycles. The van der Waals surface area contributed by atoms with Crippen molar-refractivity contribution < 1.29 is 32.4 Å². The molecule has 1 unspecified atom stereocenters. The number of rotatable bonds is 18. The number of carbonyl (C=O) groups is 5. The first-order valence-electron chi connectivity index (χ1n) is 18.7. The molecule has 13 nitrogen and oxygen atoms in total. The van der Waals surface area contributed by atoms with Crippen molar-refractivity contribution in [3.63, 3.8) is 0 Å². The Morgan fingerprint density at radius 3 is 2.23 bits per heavy atom.